The van der Waals surface area contributed by atoms with Crippen molar-refractivity contribution in [2.45, 2.75) is 42.0 Å². The molecule has 3 aromatic rings. The zero-order valence-corrected chi connectivity index (χ0v) is 25.8. The van der Waals surface area contributed by atoms with Crippen LogP contribution in [-0.4, -0.2) is 76.4 Å². The number of fused-ring (bicyclic) bond motifs is 2. The van der Waals surface area contributed by atoms with Gasteiger partial charge in [-0.25, -0.2) is 9.18 Å². The highest BCUT2D eigenvalue weighted by molar-refractivity contribution is 7.99. The number of esters is 1. The van der Waals surface area contributed by atoms with E-state index in [1.54, 1.807) is 36.0 Å². The fourth-order valence-corrected chi connectivity index (χ4v) is 6.82. The molecule has 0 N–H and O–H groups in total. The summed E-state index contributed by atoms with van der Waals surface area (Å²) in [7, 11) is 4.55. The summed E-state index contributed by atoms with van der Waals surface area (Å²) < 4.78 is 35.8. The summed E-state index contributed by atoms with van der Waals surface area (Å²) in [5.41, 5.74) is 4.19. The van der Waals surface area contributed by atoms with Crippen LogP contribution < -0.4 is 14.2 Å². The van der Waals surface area contributed by atoms with Crippen molar-refractivity contribution in [1.29, 1.82) is 0 Å². The van der Waals surface area contributed by atoms with Gasteiger partial charge in [0.15, 0.2) is 11.5 Å². The van der Waals surface area contributed by atoms with E-state index in [1.807, 2.05) is 6.07 Å². The molecule has 0 aliphatic carbocycles. The molecule has 5 rings (SSSR count). The van der Waals surface area contributed by atoms with Gasteiger partial charge in [-0.05, 0) is 59.4 Å². The molecule has 1 fully saturated rings. The van der Waals surface area contributed by atoms with Gasteiger partial charge in [-0.2, -0.15) is 0 Å². The Morgan fingerprint density at radius 3 is 2.29 bits per heavy atom. The number of hydrogen-bond acceptors (Lipinski definition) is 8. The first kappa shape index (κ1) is 30.2. The first-order valence-electron chi connectivity index (χ1n) is 14.3. The lowest BCUT2D eigenvalue weighted by Gasteiger charge is -2.39. The Labute approximate surface area is 251 Å². The van der Waals surface area contributed by atoms with Crippen LogP contribution >= 0.6 is 11.8 Å². The van der Waals surface area contributed by atoms with E-state index in [0.717, 1.165) is 37.5 Å². The van der Waals surface area contributed by atoms with Crippen LogP contribution in [0.1, 0.15) is 52.9 Å². The van der Waals surface area contributed by atoms with Crippen molar-refractivity contribution in [3.8, 4) is 17.2 Å². The van der Waals surface area contributed by atoms with Crippen LogP contribution in [0.3, 0.4) is 0 Å². The van der Waals surface area contributed by atoms with Gasteiger partial charge < -0.3 is 18.9 Å². The van der Waals surface area contributed by atoms with Gasteiger partial charge in [0.25, 0.3) is 0 Å². The second-order valence-corrected chi connectivity index (χ2v) is 12.0. The molecule has 1 atom stereocenters. The predicted molar refractivity (Wildman–Crippen MR) is 162 cm³/mol. The van der Waals surface area contributed by atoms with E-state index in [1.165, 1.54) is 42.9 Å². The Morgan fingerprint density at radius 1 is 0.929 bits per heavy atom. The first-order valence-corrected chi connectivity index (χ1v) is 15.2. The minimum absolute atomic E-state index is 0.195. The van der Waals surface area contributed by atoms with E-state index in [0.29, 0.717) is 35.3 Å². The molecule has 0 aromatic heterocycles. The van der Waals surface area contributed by atoms with Gasteiger partial charge in [-0.1, -0.05) is 43.8 Å². The lowest BCUT2D eigenvalue weighted by molar-refractivity contribution is 0.0392. The Hall–Kier alpha value is -3.27. The van der Waals surface area contributed by atoms with Gasteiger partial charge in [-0.15, -0.1) is 0 Å². The van der Waals surface area contributed by atoms with E-state index in [-0.39, 0.29) is 18.5 Å². The normalized spacial score (nSPS) is 17.3. The van der Waals surface area contributed by atoms with Gasteiger partial charge in [0.1, 0.15) is 12.4 Å². The van der Waals surface area contributed by atoms with Crippen molar-refractivity contribution >= 4 is 17.7 Å². The topological polar surface area (TPSA) is 60.5 Å². The van der Waals surface area contributed by atoms with Crippen LogP contribution in [0.15, 0.2) is 58.3 Å². The number of hydrogen-bond donors (Lipinski definition) is 0. The van der Waals surface area contributed by atoms with Crippen LogP contribution in [0.4, 0.5) is 4.39 Å². The second-order valence-electron chi connectivity index (χ2n) is 11.0. The summed E-state index contributed by atoms with van der Waals surface area (Å²) in [6, 6.07) is 15.4. The lowest BCUT2D eigenvalue weighted by atomic mass is 9.93. The van der Waals surface area contributed by atoms with Crippen molar-refractivity contribution in [2.24, 2.45) is 0 Å². The number of nitrogens with zero attached hydrogens (tertiary/aromatic N) is 2. The third kappa shape index (κ3) is 6.53. The lowest BCUT2D eigenvalue weighted by Crippen LogP contribution is -2.48. The minimum Gasteiger partial charge on any atom is -0.493 e. The summed E-state index contributed by atoms with van der Waals surface area (Å²) in [6.07, 6.45) is 0.851. The van der Waals surface area contributed by atoms with Gasteiger partial charge in [0.2, 0.25) is 5.75 Å². The predicted octanol–water partition coefficient (Wildman–Crippen LogP) is 6.20. The van der Waals surface area contributed by atoms with Crippen LogP contribution in [0, 0.1) is 5.82 Å². The number of methoxy groups -OCH3 is 3. The largest absolute Gasteiger partial charge is 0.493 e. The summed E-state index contributed by atoms with van der Waals surface area (Å²) in [4.78, 5) is 19.9. The molecule has 7 nitrogen and oxygen atoms in total. The van der Waals surface area contributed by atoms with Crippen molar-refractivity contribution in [3.05, 3.63) is 76.6 Å². The van der Waals surface area contributed by atoms with E-state index >= 15 is 0 Å². The van der Waals surface area contributed by atoms with Crippen LogP contribution in [0.25, 0.3) is 0 Å². The summed E-state index contributed by atoms with van der Waals surface area (Å²) in [5.74, 6) is 1.05. The zero-order valence-electron chi connectivity index (χ0n) is 24.9. The van der Waals surface area contributed by atoms with Crippen molar-refractivity contribution < 1.29 is 28.1 Å². The highest BCUT2D eigenvalue weighted by Gasteiger charge is 2.31. The molecule has 1 saturated heterocycles. The van der Waals surface area contributed by atoms with Crippen molar-refractivity contribution in [1.82, 2.24) is 9.80 Å². The van der Waals surface area contributed by atoms with Gasteiger partial charge in [0, 0.05) is 48.6 Å². The number of piperazine rings is 1. The second kappa shape index (κ2) is 13.4. The number of rotatable bonds is 9. The fraction of sp³-hybridized carbons (Fsp3) is 0.424. The van der Waals surface area contributed by atoms with Crippen LogP contribution in [0.5, 0.6) is 17.2 Å². The summed E-state index contributed by atoms with van der Waals surface area (Å²) in [5, 5.41) is 0. The molecular weight excluding hydrogens is 555 g/mol. The third-order valence-corrected chi connectivity index (χ3v) is 9.30. The number of halogens is 1. The average molecular weight is 595 g/mol. The molecule has 0 spiro atoms. The molecule has 0 radical (unpaired) electrons. The molecule has 42 heavy (non-hydrogen) atoms. The molecular formula is C33H39FN2O5S. The highest BCUT2D eigenvalue weighted by Crippen LogP contribution is 2.44. The van der Waals surface area contributed by atoms with Crippen molar-refractivity contribution in [2.75, 3.05) is 60.7 Å². The quantitative estimate of drug-likeness (QED) is 0.272. The minimum atomic E-state index is -0.434. The molecule has 0 amide bonds. The maximum absolute atomic E-state index is 14.1. The molecule has 2 aliphatic heterocycles. The number of carbonyl (C=O) groups excluding carboxylic acids is 1. The molecule has 3 aromatic carbocycles. The van der Waals surface area contributed by atoms with Gasteiger partial charge in [0.05, 0.1) is 26.9 Å². The van der Waals surface area contributed by atoms with E-state index in [2.05, 4.69) is 41.8 Å². The van der Waals surface area contributed by atoms with Gasteiger partial charge in [-0.3, -0.25) is 9.80 Å². The summed E-state index contributed by atoms with van der Waals surface area (Å²) in [6.45, 7) is 8.93. The number of ether oxygens (including phenoxy) is 4. The van der Waals surface area contributed by atoms with Gasteiger partial charge >= 0.3 is 5.97 Å². The Kier molecular flexibility index (Phi) is 9.60. The number of benzene rings is 3. The molecule has 0 saturated carbocycles. The standard InChI is InChI=1S/C33H39FN2O5S/c1-21(2)22-7-9-30-26(16-22)27(17-23-6-8-25(34)20-31(23)42-30)36-12-10-35(11-13-36)14-15-41-33(37)24-18-28(38-3)32(40-5)29(19-24)39-4/h6-9,16,18-21,27H,10-15,17H2,1-5H3/t27-/m1/s1. The molecule has 0 unspecified atom stereocenters. The Balaban J connectivity index is 1.22. The molecule has 9 heteroatoms. The average Bonchev–Trinajstić information content (AvgIpc) is 3.16. The van der Waals surface area contributed by atoms with Crippen molar-refractivity contribution in [3.63, 3.8) is 0 Å². The van der Waals surface area contributed by atoms with Crippen LogP contribution in [0.2, 0.25) is 0 Å². The monoisotopic (exact) mass is 594 g/mol. The number of carbonyl (C=O) groups is 1. The van der Waals surface area contributed by atoms with E-state index in [4.69, 9.17) is 18.9 Å². The third-order valence-electron chi connectivity index (χ3n) is 8.11. The Morgan fingerprint density at radius 2 is 1.64 bits per heavy atom. The fourth-order valence-electron chi connectivity index (χ4n) is 5.68. The van der Waals surface area contributed by atoms with E-state index in [9.17, 15) is 9.18 Å². The SMILES string of the molecule is COc1cc(C(=O)OCCN2CCN([C@@H]3Cc4ccc(F)cc4Sc4ccc(C(C)C)cc43)CC2)cc(OC)c1OC. The molecule has 2 aliphatic rings. The van der Waals surface area contributed by atoms with Crippen LogP contribution in [-0.2, 0) is 11.2 Å². The highest BCUT2D eigenvalue weighted by atomic mass is 32.2. The molecule has 2 heterocycles. The maximum Gasteiger partial charge on any atom is 0.338 e. The Bertz CT molecular complexity index is 1400. The molecule has 0 bridgehead atoms. The summed E-state index contributed by atoms with van der Waals surface area (Å²) >= 11 is 1.68. The first-order chi connectivity index (χ1) is 20.3. The molecule has 224 valence electrons. The smallest absolute Gasteiger partial charge is 0.338 e. The van der Waals surface area contributed by atoms with E-state index < -0.39 is 5.97 Å². The zero-order chi connectivity index (χ0) is 29.8. The maximum atomic E-state index is 14.1.